The zero-order chi connectivity index (χ0) is 19.7. The van der Waals surface area contributed by atoms with E-state index in [1.165, 1.54) is 12.6 Å². The van der Waals surface area contributed by atoms with Crippen molar-refractivity contribution in [3.63, 3.8) is 0 Å². The third-order valence-electron chi connectivity index (χ3n) is 4.19. The van der Waals surface area contributed by atoms with Gasteiger partial charge in [-0.15, -0.1) is 24.0 Å². The van der Waals surface area contributed by atoms with Crippen molar-refractivity contribution in [3.05, 3.63) is 65.7 Å². The van der Waals surface area contributed by atoms with Crippen LogP contribution in [0.3, 0.4) is 0 Å². The molecule has 0 spiro atoms. The van der Waals surface area contributed by atoms with Crippen molar-refractivity contribution in [3.8, 4) is 0 Å². The second-order valence-electron chi connectivity index (χ2n) is 6.24. The van der Waals surface area contributed by atoms with E-state index in [0.717, 1.165) is 18.7 Å². The fourth-order valence-corrected chi connectivity index (χ4v) is 3.39. The maximum Gasteiger partial charge on any atom is 0.240 e. The lowest BCUT2D eigenvalue weighted by Gasteiger charge is -2.16. The Morgan fingerprint density at radius 1 is 1.07 bits per heavy atom. The summed E-state index contributed by atoms with van der Waals surface area (Å²) in [7, 11) is -2.05. The lowest BCUT2D eigenvalue weighted by Crippen LogP contribution is -2.39. The highest BCUT2D eigenvalue weighted by molar-refractivity contribution is 14.0. The van der Waals surface area contributed by atoms with E-state index in [9.17, 15) is 8.42 Å². The molecule has 1 unspecified atom stereocenters. The van der Waals surface area contributed by atoms with E-state index in [0.29, 0.717) is 18.4 Å². The lowest BCUT2D eigenvalue weighted by molar-refractivity contribution is 0.588. The number of hydrogen-bond acceptors (Lipinski definition) is 3. The standard InChI is InChI=1S/C20H28N4O2S.HI/c1-4-22-20(23-14-16(2)18-10-6-5-7-11-18)24-15-17-9-8-12-19(13-17)27(25,26)21-3;/h5-13,16,21H,4,14-15H2,1-3H3,(H2,22,23,24);1H. The molecule has 0 saturated heterocycles. The third-order valence-corrected chi connectivity index (χ3v) is 5.60. The summed E-state index contributed by atoms with van der Waals surface area (Å²) < 4.78 is 26.2. The predicted molar refractivity (Wildman–Crippen MR) is 126 cm³/mol. The zero-order valence-corrected chi connectivity index (χ0v) is 19.6. The first-order chi connectivity index (χ1) is 13.0. The Bertz CT molecular complexity index is 858. The highest BCUT2D eigenvalue weighted by atomic mass is 127. The number of halogens is 1. The van der Waals surface area contributed by atoms with E-state index in [2.05, 4.69) is 39.4 Å². The second kappa shape index (κ2) is 12.0. The van der Waals surface area contributed by atoms with Gasteiger partial charge in [-0.05, 0) is 43.1 Å². The van der Waals surface area contributed by atoms with Crippen molar-refractivity contribution in [2.75, 3.05) is 20.1 Å². The van der Waals surface area contributed by atoms with Crippen molar-refractivity contribution in [2.24, 2.45) is 4.99 Å². The van der Waals surface area contributed by atoms with Crippen LogP contribution in [0.15, 0.2) is 64.5 Å². The highest BCUT2D eigenvalue weighted by Crippen LogP contribution is 2.13. The maximum atomic E-state index is 11.9. The number of benzene rings is 2. The van der Waals surface area contributed by atoms with Crippen LogP contribution in [0, 0.1) is 0 Å². The van der Waals surface area contributed by atoms with Crippen LogP contribution in [-0.4, -0.2) is 34.5 Å². The van der Waals surface area contributed by atoms with Gasteiger partial charge in [-0.1, -0.05) is 49.4 Å². The topological polar surface area (TPSA) is 82.6 Å². The molecule has 0 aliphatic heterocycles. The molecule has 8 heteroatoms. The molecule has 28 heavy (non-hydrogen) atoms. The van der Waals surface area contributed by atoms with E-state index >= 15 is 0 Å². The van der Waals surface area contributed by atoms with Crippen LogP contribution in [0.4, 0.5) is 0 Å². The minimum absolute atomic E-state index is 0. The van der Waals surface area contributed by atoms with Crippen molar-refractivity contribution >= 4 is 40.0 Å². The summed E-state index contributed by atoms with van der Waals surface area (Å²) in [6.07, 6.45) is 0. The first-order valence-corrected chi connectivity index (χ1v) is 10.5. The summed E-state index contributed by atoms with van der Waals surface area (Å²) in [4.78, 5) is 4.82. The molecule has 6 nitrogen and oxygen atoms in total. The average Bonchev–Trinajstić information content (AvgIpc) is 2.70. The first kappa shape index (κ1) is 24.4. The van der Waals surface area contributed by atoms with Gasteiger partial charge in [0.1, 0.15) is 0 Å². The fourth-order valence-electron chi connectivity index (χ4n) is 2.59. The Labute approximate surface area is 185 Å². The van der Waals surface area contributed by atoms with Crippen LogP contribution in [0.2, 0.25) is 0 Å². The number of sulfonamides is 1. The van der Waals surface area contributed by atoms with Crippen LogP contribution in [-0.2, 0) is 16.6 Å². The first-order valence-electron chi connectivity index (χ1n) is 9.06. The molecule has 0 radical (unpaired) electrons. The Hall–Kier alpha value is -1.65. The van der Waals surface area contributed by atoms with E-state index in [1.54, 1.807) is 18.2 Å². The van der Waals surface area contributed by atoms with Crippen LogP contribution in [0.25, 0.3) is 0 Å². The van der Waals surface area contributed by atoms with Gasteiger partial charge in [0.25, 0.3) is 0 Å². The lowest BCUT2D eigenvalue weighted by atomic mass is 10.0. The molecule has 0 fully saturated rings. The van der Waals surface area contributed by atoms with Gasteiger partial charge >= 0.3 is 0 Å². The van der Waals surface area contributed by atoms with Crippen LogP contribution in [0.5, 0.6) is 0 Å². The highest BCUT2D eigenvalue weighted by Gasteiger charge is 2.11. The molecule has 1 atom stereocenters. The maximum absolute atomic E-state index is 11.9. The van der Waals surface area contributed by atoms with Gasteiger partial charge < -0.3 is 10.6 Å². The summed E-state index contributed by atoms with van der Waals surface area (Å²) in [5, 5.41) is 6.58. The quantitative estimate of drug-likeness (QED) is 0.286. The summed E-state index contributed by atoms with van der Waals surface area (Å²) in [6, 6.07) is 17.1. The smallest absolute Gasteiger partial charge is 0.240 e. The molecular weight excluding hydrogens is 487 g/mol. The van der Waals surface area contributed by atoms with E-state index in [1.807, 2.05) is 31.2 Å². The summed E-state index contributed by atoms with van der Waals surface area (Å²) >= 11 is 0. The summed E-state index contributed by atoms with van der Waals surface area (Å²) in [5.74, 6) is 1.06. The minimum atomic E-state index is -3.45. The molecule has 0 amide bonds. The Morgan fingerprint density at radius 2 is 1.79 bits per heavy atom. The largest absolute Gasteiger partial charge is 0.357 e. The van der Waals surface area contributed by atoms with Gasteiger partial charge in [0.05, 0.1) is 11.4 Å². The molecule has 0 saturated carbocycles. The van der Waals surface area contributed by atoms with Gasteiger partial charge in [-0.25, -0.2) is 18.1 Å². The third kappa shape index (κ3) is 7.40. The predicted octanol–water partition coefficient (Wildman–Crippen LogP) is 3.07. The van der Waals surface area contributed by atoms with Gasteiger partial charge in [-0.2, -0.15) is 0 Å². The zero-order valence-electron chi connectivity index (χ0n) is 16.5. The van der Waals surface area contributed by atoms with Crippen molar-refractivity contribution in [1.82, 2.24) is 15.4 Å². The molecule has 2 rings (SSSR count). The average molecular weight is 516 g/mol. The molecule has 0 aliphatic carbocycles. The molecule has 0 heterocycles. The van der Waals surface area contributed by atoms with Crippen molar-refractivity contribution < 1.29 is 8.42 Å². The molecule has 154 valence electrons. The summed E-state index contributed by atoms with van der Waals surface area (Å²) in [5.41, 5.74) is 2.10. The fraction of sp³-hybridized carbons (Fsp3) is 0.350. The second-order valence-corrected chi connectivity index (χ2v) is 8.13. The number of hydrogen-bond donors (Lipinski definition) is 3. The number of guanidine groups is 1. The van der Waals surface area contributed by atoms with Crippen molar-refractivity contribution in [2.45, 2.75) is 31.2 Å². The monoisotopic (exact) mass is 516 g/mol. The molecule has 0 bridgehead atoms. The van der Waals surface area contributed by atoms with Crippen LogP contribution < -0.4 is 15.4 Å². The Balaban J connectivity index is 0.00000392. The van der Waals surface area contributed by atoms with Crippen molar-refractivity contribution in [1.29, 1.82) is 0 Å². The molecule has 3 N–H and O–H groups in total. The molecule has 0 aliphatic rings. The SMILES string of the molecule is CCNC(=NCc1cccc(S(=O)(=O)NC)c1)NCC(C)c1ccccc1.I. The normalized spacial score (nSPS) is 12.8. The van der Waals surface area contributed by atoms with E-state index < -0.39 is 10.0 Å². The molecule has 2 aromatic rings. The van der Waals surface area contributed by atoms with Crippen LogP contribution >= 0.6 is 24.0 Å². The minimum Gasteiger partial charge on any atom is -0.357 e. The Kier molecular flexibility index (Phi) is 10.5. The van der Waals surface area contributed by atoms with Gasteiger partial charge in [0.15, 0.2) is 5.96 Å². The molecule has 0 aromatic heterocycles. The number of rotatable bonds is 8. The summed E-state index contributed by atoms with van der Waals surface area (Å²) in [6.45, 7) is 6.07. The number of nitrogens with one attached hydrogen (secondary N) is 3. The Morgan fingerprint density at radius 3 is 2.43 bits per heavy atom. The number of aliphatic imine (C=N–C) groups is 1. The molecule has 2 aromatic carbocycles. The van der Waals surface area contributed by atoms with Gasteiger partial charge in [0, 0.05) is 13.1 Å². The van der Waals surface area contributed by atoms with Crippen LogP contribution in [0.1, 0.15) is 30.9 Å². The number of nitrogens with zero attached hydrogens (tertiary/aromatic N) is 1. The van der Waals surface area contributed by atoms with E-state index in [-0.39, 0.29) is 28.9 Å². The van der Waals surface area contributed by atoms with Gasteiger partial charge in [0.2, 0.25) is 10.0 Å². The van der Waals surface area contributed by atoms with Gasteiger partial charge in [-0.3, -0.25) is 0 Å². The van der Waals surface area contributed by atoms with E-state index in [4.69, 9.17) is 0 Å². The molecular formula is C20H29IN4O2S.